The quantitative estimate of drug-likeness (QED) is 0.881. The van der Waals surface area contributed by atoms with Crippen LogP contribution in [0.5, 0.6) is 0 Å². The molecule has 1 aromatic rings. The zero-order valence-electron chi connectivity index (χ0n) is 11.6. The van der Waals surface area contributed by atoms with Crippen LogP contribution >= 0.6 is 23.1 Å². The molecule has 1 fully saturated rings. The number of aromatic nitrogens is 1. The number of nitrogens with one attached hydrogen (secondary N) is 1. The Labute approximate surface area is 119 Å². The summed E-state index contributed by atoms with van der Waals surface area (Å²) in [6.07, 6.45) is 5.39. The monoisotopic (exact) mass is 284 g/mol. The van der Waals surface area contributed by atoms with E-state index < -0.39 is 0 Å². The molecule has 1 saturated carbocycles. The van der Waals surface area contributed by atoms with Gasteiger partial charge in [-0.25, -0.2) is 4.98 Å². The van der Waals surface area contributed by atoms with E-state index in [4.69, 9.17) is 0 Å². The highest BCUT2D eigenvalue weighted by Crippen LogP contribution is 2.38. The summed E-state index contributed by atoms with van der Waals surface area (Å²) in [4.78, 5) is 4.60. The van der Waals surface area contributed by atoms with Crippen LogP contribution in [0.15, 0.2) is 9.72 Å². The van der Waals surface area contributed by atoms with Crippen molar-refractivity contribution in [1.29, 1.82) is 0 Å². The van der Waals surface area contributed by atoms with Gasteiger partial charge in [0.2, 0.25) is 0 Å². The van der Waals surface area contributed by atoms with Crippen molar-refractivity contribution < 1.29 is 0 Å². The maximum atomic E-state index is 4.60. The molecule has 0 aromatic carbocycles. The summed E-state index contributed by atoms with van der Waals surface area (Å²) >= 11 is 3.79. The summed E-state index contributed by atoms with van der Waals surface area (Å²) in [7, 11) is 0. The molecule has 1 aliphatic rings. The normalized spacial score (nSPS) is 28.5. The zero-order valence-corrected chi connectivity index (χ0v) is 13.2. The third kappa shape index (κ3) is 3.72. The first-order chi connectivity index (χ1) is 8.72. The van der Waals surface area contributed by atoms with E-state index in [0.29, 0.717) is 11.3 Å². The molecule has 1 heterocycles. The van der Waals surface area contributed by atoms with Crippen molar-refractivity contribution >= 4 is 23.1 Å². The number of hydrogen-bond acceptors (Lipinski definition) is 4. The highest BCUT2D eigenvalue weighted by atomic mass is 32.2. The molecule has 2 nitrogen and oxygen atoms in total. The molecule has 1 aromatic heterocycles. The van der Waals surface area contributed by atoms with Crippen molar-refractivity contribution in [2.45, 2.75) is 62.1 Å². The van der Waals surface area contributed by atoms with Crippen LogP contribution in [0, 0.1) is 12.8 Å². The minimum Gasteiger partial charge on any atom is -0.313 e. The lowest BCUT2D eigenvalue weighted by Crippen LogP contribution is -2.42. The zero-order chi connectivity index (χ0) is 13.0. The molecule has 18 heavy (non-hydrogen) atoms. The van der Waals surface area contributed by atoms with Gasteiger partial charge in [0.05, 0.1) is 0 Å². The Balaban J connectivity index is 2.00. The van der Waals surface area contributed by atoms with E-state index in [9.17, 15) is 0 Å². The van der Waals surface area contributed by atoms with Gasteiger partial charge < -0.3 is 5.32 Å². The molecule has 1 N–H and O–H groups in total. The van der Waals surface area contributed by atoms with E-state index in [-0.39, 0.29) is 0 Å². The van der Waals surface area contributed by atoms with E-state index >= 15 is 0 Å². The van der Waals surface area contributed by atoms with E-state index in [0.717, 1.165) is 18.2 Å². The van der Waals surface area contributed by atoms with Crippen LogP contribution in [0.2, 0.25) is 0 Å². The van der Waals surface area contributed by atoms with Crippen molar-refractivity contribution in [3.63, 3.8) is 0 Å². The average Bonchev–Trinajstić information content (AvgIpc) is 2.77. The van der Waals surface area contributed by atoms with Gasteiger partial charge in [-0.15, -0.1) is 11.3 Å². The fourth-order valence-corrected chi connectivity index (χ4v) is 5.20. The molecule has 0 amide bonds. The molecular formula is C14H24N2S2. The van der Waals surface area contributed by atoms with Crippen molar-refractivity contribution in [2.24, 2.45) is 5.92 Å². The first-order valence-electron chi connectivity index (χ1n) is 7.05. The molecule has 4 heteroatoms. The fraction of sp³-hybridized carbons (Fsp3) is 0.786. The standard InChI is InChI=1S/C14H24N2S2/c1-4-11-6-7-12(15-5-2)13(8-11)18-14-16-10(3)9-17-14/h9,11-13,15H,4-8H2,1-3H3. The summed E-state index contributed by atoms with van der Waals surface area (Å²) in [5.41, 5.74) is 1.16. The van der Waals surface area contributed by atoms with Crippen LogP contribution in [0.3, 0.4) is 0 Å². The summed E-state index contributed by atoms with van der Waals surface area (Å²) in [5, 5.41) is 6.52. The highest BCUT2D eigenvalue weighted by Gasteiger charge is 2.30. The van der Waals surface area contributed by atoms with Crippen LogP contribution in [0.25, 0.3) is 0 Å². The summed E-state index contributed by atoms with van der Waals surface area (Å²) in [6, 6.07) is 0.673. The van der Waals surface area contributed by atoms with Crippen LogP contribution in [-0.4, -0.2) is 22.8 Å². The molecule has 0 bridgehead atoms. The number of hydrogen-bond donors (Lipinski definition) is 1. The Morgan fingerprint density at radius 2 is 2.28 bits per heavy atom. The Hall–Kier alpha value is -0.0600. The number of nitrogens with zero attached hydrogens (tertiary/aromatic N) is 1. The minimum atomic E-state index is 0.673. The summed E-state index contributed by atoms with van der Waals surface area (Å²) in [6.45, 7) is 7.70. The average molecular weight is 284 g/mol. The Morgan fingerprint density at radius 3 is 2.89 bits per heavy atom. The first-order valence-corrected chi connectivity index (χ1v) is 8.81. The SMILES string of the molecule is CCNC1CCC(CC)CC1Sc1nc(C)cs1. The molecule has 2 rings (SSSR count). The Bertz CT molecular complexity index is 364. The predicted molar refractivity (Wildman–Crippen MR) is 81.6 cm³/mol. The lowest BCUT2D eigenvalue weighted by Gasteiger charge is -2.35. The van der Waals surface area contributed by atoms with Crippen LogP contribution in [0.1, 0.15) is 45.2 Å². The van der Waals surface area contributed by atoms with Gasteiger partial charge >= 0.3 is 0 Å². The lowest BCUT2D eigenvalue weighted by atomic mass is 9.84. The van der Waals surface area contributed by atoms with Gasteiger partial charge in [0.25, 0.3) is 0 Å². The second-order valence-corrected chi connectivity index (χ2v) is 7.51. The number of thiazole rings is 1. The number of aryl methyl sites for hydroxylation is 1. The van der Waals surface area contributed by atoms with E-state index in [2.05, 4.69) is 36.5 Å². The first kappa shape index (κ1) is 14.4. The van der Waals surface area contributed by atoms with Crippen molar-refractivity contribution in [2.75, 3.05) is 6.54 Å². The molecule has 102 valence electrons. The van der Waals surface area contributed by atoms with E-state index in [1.165, 1.54) is 30.0 Å². The van der Waals surface area contributed by atoms with Gasteiger partial charge in [0, 0.05) is 22.4 Å². The van der Waals surface area contributed by atoms with Crippen LogP contribution < -0.4 is 5.32 Å². The maximum absolute atomic E-state index is 4.60. The van der Waals surface area contributed by atoms with Gasteiger partial charge in [-0.1, -0.05) is 32.0 Å². The number of thioether (sulfide) groups is 1. The van der Waals surface area contributed by atoms with Gasteiger partial charge in [-0.2, -0.15) is 0 Å². The largest absolute Gasteiger partial charge is 0.313 e. The highest BCUT2D eigenvalue weighted by molar-refractivity contribution is 8.01. The smallest absolute Gasteiger partial charge is 0.150 e. The summed E-state index contributed by atoms with van der Waals surface area (Å²) < 4.78 is 1.25. The number of rotatable bonds is 5. The Morgan fingerprint density at radius 1 is 1.44 bits per heavy atom. The molecule has 3 atom stereocenters. The second-order valence-electron chi connectivity index (χ2n) is 5.16. The molecule has 0 spiro atoms. The van der Waals surface area contributed by atoms with Crippen molar-refractivity contribution in [3.05, 3.63) is 11.1 Å². The predicted octanol–water partition coefficient (Wildman–Crippen LogP) is 4.10. The van der Waals surface area contributed by atoms with Crippen LogP contribution in [-0.2, 0) is 0 Å². The fourth-order valence-electron chi connectivity index (χ4n) is 2.72. The molecule has 1 aliphatic carbocycles. The minimum absolute atomic E-state index is 0.673. The third-order valence-electron chi connectivity index (χ3n) is 3.79. The van der Waals surface area contributed by atoms with E-state index in [1.807, 2.05) is 11.8 Å². The second kappa shape index (κ2) is 6.92. The molecule has 0 aliphatic heterocycles. The molecular weight excluding hydrogens is 260 g/mol. The van der Waals surface area contributed by atoms with Gasteiger partial charge in [-0.05, 0) is 38.6 Å². The van der Waals surface area contributed by atoms with Crippen LogP contribution in [0.4, 0.5) is 0 Å². The molecule has 3 unspecified atom stereocenters. The Kier molecular flexibility index (Phi) is 5.52. The van der Waals surface area contributed by atoms with Gasteiger partial charge in [0.1, 0.15) is 4.34 Å². The lowest BCUT2D eigenvalue weighted by molar-refractivity contribution is 0.298. The third-order valence-corrected chi connectivity index (χ3v) is 6.24. The van der Waals surface area contributed by atoms with Gasteiger partial charge in [-0.3, -0.25) is 0 Å². The molecule has 0 saturated heterocycles. The summed E-state index contributed by atoms with van der Waals surface area (Å²) in [5.74, 6) is 0.915. The topological polar surface area (TPSA) is 24.9 Å². The van der Waals surface area contributed by atoms with E-state index in [1.54, 1.807) is 11.3 Å². The maximum Gasteiger partial charge on any atom is 0.150 e. The van der Waals surface area contributed by atoms with Crippen molar-refractivity contribution in [1.82, 2.24) is 10.3 Å². The van der Waals surface area contributed by atoms with Crippen molar-refractivity contribution in [3.8, 4) is 0 Å². The molecule has 0 radical (unpaired) electrons. The van der Waals surface area contributed by atoms with Gasteiger partial charge in [0.15, 0.2) is 0 Å².